The molecule has 0 fully saturated rings. The Kier molecular flexibility index (Phi) is 3.73. The molecule has 0 N–H and O–H groups in total. The molecule has 1 unspecified atom stereocenters. The van der Waals surface area contributed by atoms with Gasteiger partial charge in [-0.15, -0.1) is 11.3 Å². The van der Waals surface area contributed by atoms with E-state index in [0.29, 0.717) is 5.92 Å². The molecule has 1 heterocycles. The van der Waals surface area contributed by atoms with Crippen LogP contribution in [0.25, 0.3) is 0 Å². The van der Waals surface area contributed by atoms with Crippen molar-refractivity contribution in [2.75, 3.05) is 0 Å². The van der Waals surface area contributed by atoms with E-state index < -0.39 is 0 Å². The van der Waals surface area contributed by atoms with Crippen LogP contribution in [-0.4, -0.2) is 5.78 Å². The minimum absolute atomic E-state index is 0.0733. The van der Waals surface area contributed by atoms with Crippen LogP contribution in [-0.2, 0) is 0 Å². The van der Waals surface area contributed by atoms with E-state index in [9.17, 15) is 4.79 Å². The lowest BCUT2D eigenvalue weighted by atomic mass is 9.93. The van der Waals surface area contributed by atoms with Gasteiger partial charge < -0.3 is 0 Å². The average molecular weight is 231 g/mol. The molecule has 0 spiro atoms. The molecule has 0 aromatic carbocycles. The number of carbonyl (C=O) groups excluding carboxylic acids is 1. The van der Waals surface area contributed by atoms with Gasteiger partial charge in [0.2, 0.25) is 0 Å². The van der Waals surface area contributed by atoms with Crippen molar-refractivity contribution in [3.05, 3.63) is 20.8 Å². The molecule has 78 valence electrons. The zero-order valence-electron chi connectivity index (χ0n) is 8.93. The molecule has 1 aromatic heterocycles. The van der Waals surface area contributed by atoms with Gasteiger partial charge in [-0.3, -0.25) is 4.79 Å². The van der Waals surface area contributed by atoms with Crippen LogP contribution in [0.5, 0.6) is 0 Å². The van der Waals surface area contributed by atoms with Gasteiger partial charge in [0.05, 0.1) is 9.21 Å². The predicted octanol–water partition coefficient (Wildman–Crippen LogP) is 4.18. The standard InChI is InChI=1S/C11H15ClOS/c1-6(2)8(4)10(13)9-5-7(3)11(12)14-9/h5-6,8H,1-4H3. The van der Waals surface area contributed by atoms with Crippen molar-refractivity contribution in [2.24, 2.45) is 11.8 Å². The van der Waals surface area contributed by atoms with Crippen LogP contribution in [0, 0.1) is 18.8 Å². The molecule has 0 bridgehead atoms. The number of hydrogen-bond donors (Lipinski definition) is 0. The van der Waals surface area contributed by atoms with Crippen LogP contribution in [0.3, 0.4) is 0 Å². The quantitative estimate of drug-likeness (QED) is 0.712. The van der Waals surface area contributed by atoms with Gasteiger partial charge in [0, 0.05) is 5.92 Å². The minimum Gasteiger partial charge on any atom is -0.293 e. The van der Waals surface area contributed by atoms with Crippen molar-refractivity contribution >= 4 is 28.7 Å². The molecular formula is C11H15ClOS. The summed E-state index contributed by atoms with van der Waals surface area (Å²) in [5.41, 5.74) is 0.996. The number of thiophene rings is 1. The van der Waals surface area contributed by atoms with Crippen LogP contribution in [0.1, 0.15) is 36.0 Å². The van der Waals surface area contributed by atoms with E-state index >= 15 is 0 Å². The summed E-state index contributed by atoms with van der Waals surface area (Å²) in [5, 5.41) is 0. The molecule has 1 nitrogen and oxygen atoms in total. The zero-order chi connectivity index (χ0) is 10.9. The molecule has 0 amide bonds. The smallest absolute Gasteiger partial charge is 0.175 e. The van der Waals surface area contributed by atoms with Gasteiger partial charge in [-0.05, 0) is 24.5 Å². The summed E-state index contributed by atoms with van der Waals surface area (Å²) in [5.74, 6) is 0.660. The van der Waals surface area contributed by atoms with Crippen molar-refractivity contribution in [3.63, 3.8) is 0 Å². The Labute approximate surface area is 94.1 Å². The monoisotopic (exact) mass is 230 g/mol. The van der Waals surface area contributed by atoms with Crippen molar-refractivity contribution in [2.45, 2.75) is 27.7 Å². The molecule has 0 saturated heterocycles. The Morgan fingerprint density at radius 1 is 1.43 bits per heavy atom. The summed E-state index contributed by atoms with van der Waals surface area (Å²) in [6.45, 7) is 8.01. The van der Waals surface area contributed by atoms with Crippen molar-refractivity contribution in [1.29, 1.82) is 0 Å². The number of halogens is 1. The van der Waals surface area contributed by atoms with E-state index in [-0.39, 0.29) is 11.7 Å². The number of aryl methyl sites for hydroxylation is 1. The summed E-state index contributed by atoms with van der Waals surface area (Å²) >= 11 is 7.31. The highest BCUT2D eigenvalue weighted by molar-refractivity contribution is 7.18. The van der Waals surface area contributed by atoms with Gasteiger partial charge in [-0.1, -0.05) is 32.4 Å². The zero-order valence-corrected chi connectivity index (χ0v) is 10.5. The lowest BCUT2D eigenvalue weighted by Crippen LogP contribution is -2.15. The second kappa shape index (κ2) is 4.45. The molecule has 3 heteroatoms. The van der Waals surface area contributed by atoms with E-state index in [2.05, 4.69) is 13.8 Å². The van der Waals surface area contributed by atoms with Gasteiger partial charge in [0.15, 0.2) is 5.78 Å². The number of ketones is 1. The minimum atomic E-state index is 0.0733. The fraction of sp³-hybridized carbons (Fsp3) is 0.545. The van der Waals surface area contributed by atoms with E-state index in [0.717, 1.165) is 14.8 Å². The molecule has 0 radical (unpaired) electrons. The van der Waals surface area contributed by atoms with E-state index in [1.54, 1.807) is 0 Å². The summed E-state index contributed by atoms with van der Waals surface area (Å²) in [4.78, 5) is 12.7. The molecule has 14 heavy (non-hydrogen) atoms. The average Bonchev–Trinajstić information content (AvgIpc) is 2.44. The largest absolute Gasteiger partial charge is 0.293 e. The van der Waals surface area contributed by atoms with Gasteiger partial charge >= 0.3 is 0 Å². The Bertz CT molecular complexity index is 322. The topological polar surface area (TPSA) is 17.1 Å². The fourth-order valence-corrected chi connectivity index (χ4v) is 2.35. The van der Waals surface area contributed by atoms with Crippen molar-refractivity contribution < 1.29 is 4.79 Å². The highest BCUT2D eigenvalue weighted by Gasteiger charge is 2.20. The molecule has 1 rings (SSSR count). The molecule has 1 aromatic rings. The summed E-state index contributed by atoms with van der Waals surface area (Å²) < 4.78 is 0.726. The van der Waals surface area contributed by atoms with Crippen molar-refractivity contribution in [1.82, 2.24) is 0 Å². The van der Waals surface area contributed by atoms with Gasteiger partial charge in [-0.25, -0.2) is 0 Å². The summed E-state index contributed by atoms with van der Waals surface area (Å²) in [7, 11) is 0. The predicted molar refractivity (Wildman–Crippen MR) is 62.4 cm³/mol. The van der Waals surface area contributed by atoms with Crippen LogP contribution in [0.4, 0.5) is 0 Å². The molecule has 0 aliphatic heterocycles. The first-order valence-electron chi connectivity index (χ1n) is 4.73. The Hall–Kier alpha value is -0.340. The van der Waals surface area contributed by atoms with Crippen LogP contribution >= 0.6 is 22.9 Å². The SMILES string of the molecule is Cc1cc(C(=O)C(C)C(C)C)sc1Cl. The lowest BCUT2D eigenvalue weighted by molar-refractivity contribution is 0.0904. The van der Waals surface area contributed by atoms with E-state index in [1.807, 2.05) is 19.9 Å². The molecule has 1 atom stereocenters. The molecular weight excluding hydrogens is 216 g/mol. The summed E-state index contributed by atoms with van der Waals surface area (Å²) in [6.07, 6.45) is 0. The van der Waals surface area contributed by atoms with Crippen LogP contribution in [0.2, 0.25) is 4.34 Å². The second-order valence-electron chi connectivity index (χ2n) is 3.96. The maximum Gasteiger partial charge on any atom is 0.175 e. The normalized spacial score (nSPS) is 13.3. The lowest BCUT2D eigenvalue weighted by Gasteiger charge is -2.12. The Morgan fingerprint density at radius 3 is 2.36 bits per heavy atom. The fourth-order valence-electron chi connectivity index (χ4n) is 1.11. The highest BCUT2D eigenvalue weighted by Crippen LogP contribution is 2.29. The van der Waals surface area contributed by atoms with Gasteiger partial charge in [-0.2, -0.15) is 0 Å². The molecule has 0 aliphatic carbocycles. The van der Waals surface area contributed by atoms with Crippen LogP contribution in [0.15, 0.2) is 6.07 Å². The Balaban J connectivity index is 2.90. The van der Waals surface area contributed by atoms with Crippen molar-refractivity contribution in [3.8, 4) is 0 Å². The first-order chi connectivity index (χ1) is 6.43. The number of carbonyl (C=O) groups is 1. The maximum atomic E-state index is 11.9. The molecule has 0 saturated carbocycles. The van der Waals surface area contributed by atoms with E-state index in [1.165, 1.54) is 11.3 Å². The second-order valence-corrected chi connectivity index (χ2v) is 5.62. The van der Waals surface area contributed by atoms with E-state index in [4.69, 9.17) is 11.6 Å². The number of rotatable bonds is 3. The molecule has 0 aliphatic rings. The Morgan fingerprint density at radius 2 is 2.00 bits per heavy atom. The highest BCUT2D eigenvalue weighted by atomic mass is 35.5. The maximum absolute atomic E-state index is 11.9. The third-order valence-corrected chi connectivity index (χ3v) is 4.08. The third-order valence-electron chi connectivity index (χ3n) is 2.51. The number of hydrogen-bond acceptors (Lipinski definition) is 2. The first-order valence-corrected chi connectivity index (χ1v) is 5.93. The summed E-state index contributed by atoms with van der Waals surface area (Å²) in [6, 6.07) is 1.88. The van der Waals surface area contributed by atoms with Gasteiger partial charge in [0.1, 0.15) is 0 Å². The first kappa shape index (κ1) is 11.7. The van der Waals surface area contributed by atoms with Crippen LogP contribution < -0.4 is 0 Å². The third kappa shape index (κ3) is 2.37. The number of Topliss-reactive ketones (excluding diaryl/α,β-unsaturated/α-hetero) is 1. The van der Waals surface area contributed by atoms with Gasteiger partial charge in [0.25, 0.3) is 0 Å².